The Morgan fingerprint density at radius 1 is 1.64 bits per heavy atom. The van der Waals surface area contributed by atoms with Crippen molar-refractivity contribution in [1.82, 2.24) is 0 Å². The van der Waals surface area contributed by atoms with Gasteiger partial charge in [0.15, 0.2) is 0 Å². The van der Waals surface area contributed by atoms with Gasteiger partial charge in [-0.3, -0.25) is 4.79 Å². The smallest absolute Gasteiger partial charge is 0.139 e. The number of carbonyl (C=O) groups excluding carboxylic acids is 1. The predicted octanol–water partition coefficient (Wildman–Crippen LogP) is 1.25. The molecule has 0 amide bonds. The molecule has 0 fully saturated rings. The number of ketones is 1. The lowest BCUT2D eigenvalue weighted by atomic mass is 10.0. The number of carbonyl (C=O) groups is 1. The quantitative estimate of drug-likeness (QED) is 0.570. The molecular weight excluding hydrogens is 140 g/mol. The number of terminal acetylenes is 1. The van der Waals surface area contributed by atoms with Gasteiger partial charge in [0.1, 0.15) is 11.9 Å². The molecule has 1 unspecified atom stereocenters. The molecule has 0 aliphatic carbocycles. The van der Waals surface area contributed by atoms with Gasteiger partial charge in [-0.1, -0.05) is 19.8 Å². The average Bonchev–Trinajstić information content (AvgIpc) is 1.99. The fraction of sp³-hybridized carbons (Fsp3) is 0.667. The van der Waals surface area contributed by atoms with Gasteiger partial charge in [0.2, 0.25) is 0 Å². The van der Waals surface area contributed by atoms with Gasteiger partial charge in [0.25, 0.3) is 0 Å². The summed E-state index contributed by atoms with van der Waals surface area (Å²) in [4.78, 5) is 11.1. The number of hydrogen-bond donors (Lipinski definition) is 0. The number of ether oxygens (including phenoxy) is 1. The topological polar surface area (TPSA) is 26.3 Å². The van der Waals surface area contributed by atoms with Crippen molar-refractivity contribution in [3.8, 4) is 12.3 Å². The normalized spacial score (nSPS) is 12.6. The van der Waals surface area contributed by atoms with E-state index in [0.717, 1.165) is 0 Å². The van der Waals surface area contributed by atoms with Crippen molar-refractivity contribution < 1.29 is 9.53 Å². The summed E-state index contributed by atoms with van der Waals surface area (Å²) in [6.45, 7) is 3.71. The summed E-state index contributed by atoms with van der Waals surface area (Å²) in [5, 5.41) is 0. The van der Waals surface area contributed by atoms with Gasteiger partial charge in [0, 0.05) is 19.4 Å². The lowest BCUT2D eigenvalue weighted by Crippen LogP contribution is -2.17. The molecule has 0 bridgehead atoms. The van der Waals surface area contributed by atoms with Crippen molar-refractivity contribution >= 4 is 5.78 Å². The fourth-order valence-corrected chi connectivity index (χ4v) is 0.629. The zero-order valence-corrected chi connectivity index (χ0v) is 7.26. The molecule has 11 heavy (non-hydrogen) atoms. The van der Waals surface area contributed by atoms with Gasteiger partial charge in [-0.15, -0.1) is 6.42 Å². The van der Waals surface area contributed by atoms with Crippen LogP contribution in [0.2, 0.25) is 0 Å². The van der Waals surface area contributed by atoms with Crippen LogP contribution in [0.1, 0.15) is 20.3 Å². The summed E-state index contributed by atoms with van der Waals surface area (Å²) in [5.74, 6) is 2.59. The summed E-state index contributed by atoms with van der Waals surface area (Å²) in [6, 6.07) is 0. The lowest BCUT2D eigenvalue weighted by molar-refractivity contribution is -0.123. The lowest BCUT2D eigenvalue weighted by Gasteiger charge is -2.08. The van der Waals surface area contributed by atoms with E-state index in [0.29, 0.717) is 6.42 Å². The molecule has 0 heterocycles. The molecule has 0 aliphatic heterocycles. The molecule has 0 saturated carbocycles. The number of hydrogen-bond acceptors (Lipinski definition) is 2. The molecule has 0 spiro atoms. The fourth-order valence-electron chi connectivity index (χ4n) is 0.629. The molecule has 0 aromatic carbocycles. The van der Waals surface area contributed by atoms with Crippen LogP contribution in [0.15, 0.2) is 0 Å². The van der Waals surface area contributed by atoms with Crippen molar-refractivity contribution in [3.05, 3.63) is 0 Å². The van der Waals surface area contributed by atoms with Gasteiger partial charge in [-0.25, -0.2) is 0 Å². The van der Waals surface area contributed by atoms with Crippen molar-refractivity contribution in [2.45, 2.75) is 26.4 Å². The van der Waals surface area contributed by atoms with E-state index in [4.69, 9.17) is 11.2 Å². The molecule has 2 nitrogen and oxygen atoms in total. The van der Waals surface area contributed by atoms with E-state index in [2.05, 4.69) is 5.92 Å². The molecule has 0 aromatic heterocycles. The van der Waals surface area contributed by atoms with E-state index >= 15 is 0 Å². The van der Waals surface area contributed by atoms with E-state index in [1.807, 2.05) is 13.8 Å². The second-order valence-corrected chi connectivity index (χ2v) is 2.72. The van der Waals surface area contributed by atoms with E-state index < -0.39 is 0 Å². The predicted molar refractivity (Wildman–Crippen MR) is 44.1 cm³/mol. The van der Waals surface area contributed by atoms with Crippen LogP contribution in [-0.4, -0.2) is 19.0 Å². The minimum absolute atomic E-state index is 0.0426. The molecule has 1 atom stereocenters. The summed E-state index contributed by atoms with van der Waals surface area (Å²) >= 11 is 0. The maximum atomic E-state index is 11.1. The SMILES string of the molecule is C#CC(CC(=O)C(C)C)OC. The minimum atomic E-state index is -0.357. The maximum Gasteiger partial charge on any atom is 0.139 e. The van der Waals surface area contributed by atoms with Crippen molar-refractivity contribution in [2.75, 3.05) is 7.11 Å². The molecule has 0 aromatic rings. The Hall–Kier alpha value is -0.810. The van der Waals surface area contributed by atoms with E-state index in [1.54, 1.807) is 0 Å². The van der Waals surface area contributed by atoms with E-state index in [9.17, 15) is 4.79 Å². The number of rotatable bonds is 4. The highest BCUT2D eigenvalue weighted by Crippen LogP contribution is 2.03. The van der Waals surface area contributed by atoms with E-state index in [-0.39, 0.29) is 17.8 Å². The molecule has 0 N–H and O–H groups in total. The zero-order chi connectivity index (χ0) is 8.85. The first-order valence-electron chi connectivity index (χ1n) is 3.63. The van der Waals surface area contributed by atoms with Crippen molar-refractivity contribution in [1.29, 1.82) is 0 Å². The van der Waals surface area contributed by atoms with Crippen LogP contribution >= 0.6 is 0 Å². The Morgan fingerprint density at radius 2 is 2.18 bits per heavy atom. The van der Waals surface area contributed by atoms with Crippen LogP contribution in [0, 0.1) is 18.3 Å². The number of methoxy groups -OCH3 is 1. The van der Waals surface area contributed by atoms with Crippen LogP contribution in [-0.2, 0) is 9.53 Å². The molecular formula is C9H14O2. The molecule has 2 heteroatoms. The summed E-state index contributed by atoms with van der Waals surface area (Å²) in [5.41, 5.74) is 0. The van der Waals surface area contributed by atoms with E-state index in [1.165, 1.54) is 7.11 Å². The molecule has 0 radical (unpaired) electrons. The zero-order valence-electron chi connectivity index (χ0n) is 7.26. The van der Waals surface area contributed by atoms with Gasteiger partial charge >= 0.3 is 0 Å². The van der Waals surface area contributed by atoms with Crippen molar-refractivity contribution in [2.24, 2.45) is 5.92 Å². The third-order valence-electron chi connectivity index (χ3n) is 1.50. The van der Waals surface area contributed by atoms with Gasteiger partial charge in [0.05, 0.1) is 0 Å². The molecule has 0 rings (SSSR count). The Bertz CT molecular complexity index is 165. The summed E-state index contributed by atoms with van der Waals surface area (Å²) in [7, 11) is 1.51. The average molecular weight is 154 g/mol. The first-order chi connectivity index (χ1) is 5.11. The Kier molecular flexibility index (Phi) is 4.56. The Labute approximate surface area is 67.9 Å². The highest BCUT2D eigenvalue weighted by Gasteiger charge is 2.12. The standard InChI is InChI=1S/C9H14O2/c1-5-8(11-4)6-9(10)7(2)3/h1,7-8H,6H2,2-4H3. The summed E-state index contributed by atoms with van der Waals surface area (Å²) in [6.07, 6.45) is 5.07. The highest BCUT2D eigenvalue weighted by molar-refractivity contribution is 5.81. The third kappa shape index (κ3) is 3.79. The summed E-state index contributed by atoms with van der Waals surface area (Å²) < 4.78 is 4.86. The van der Waals surface area contributed by atoms with Gasteiger partial charge in [-0.2, -0.15) is 0 Å². The molecule has 62 valence electrons. The highest BCUT2D eigenvalue weighted by atomic mass is 16.5. The van der Waals surface area contributed by atoms with Crippen LogP contribution in [0.5, 0.6) is 0 Å². The van der Waals surface area contributed by atoms with Gasteiger partial charge < -0.3 is 4.74 Å². The second kappa shape index (κ2) is 4.92. The molecule has 0 aliphatic rings. The largest absolute Gasteiger partial charge is 0.368 e. The van der Waals surface area contributed by atoms with Crippen molar-refractivity contribution in [3.63, 3.8) is 0 Å². The van der Waals surface area contributed by atoms with Crippen LogP contribution in [0.25, 0.3) is 0 Å². The maximum absolute atomic E-state index is 11.1. The second-order valence-electron chi connectivity index (χ2n) is 2.72. The Morgan fingerprint density at radius 3 is 2.45 bits per heavy atom. The first kappa shape index (κ1) is 10.2. The minimum Gasteiger partial charge on any atom is -0.368 e. The number of Topliss-reactive ketones (excluding diaryl/α,β-unsaturated/α-hetero) is 1. The Balaban J connectivity index is 3.84. The van der Waals surface area contributed by atoms with Gasteiger partial charge in [-0.05, 0) is 0 Å². The first-order valence-corrected chi connectivity index (χ1v) is 3.63. The molecule has 0 saturated heterocycles. The van der Waals surface area contributed by atoms with Crippen LogP contribution in [0.3, 0.4) is 0 Å². The van der Waals surface area contributed by atoms with Crippen LogP contribution in [0.4, 0.5) is 0 Å². The monoisotopic (exact) mass is 154 g/mol. The third-order valence-corrected chi connectivity index (χ3v) is 1.50. The van der Waals surface area contributed by atoms with Crippen LogP contribution < -0.4 is 0 Å².